The summed E-state index contributed by atoms with van der Waals surface area (Å²) in [7, 11) is 4.10. The number of hydrogen-bond donors (Lipinski definition) is 2. The van der Waals surface area contributed by atoms with Crippen molar-refractivity contribution < 1.29 is 14.4 Å². The summed E-state index contributed by atoms with van der Waals surface area (Å²) >= 11 is 0. The number of ether oxygens (including phenoxy) is 1. The van der Waals surface area contributed by atoms with Crippen molar-refractivity contribution in [1.29, 1.82) is 0 Å². The summed E-state index contributed by atoms with van der Waals surface area (Å²) < 4.78 is 5.76. The molecular formula is C26H32N3O2+. The van der Waals surface area contributed by atoms with Crippen LogP contribution in [0.25, 0.3) is 10.8 Å². The molecule has 1 saturated heterocycles. The van der Waals surface area contributed by atoms with Crippen LogP contribution in [0.2, 0.25) is 0 Å². The second-order valence-corrected chi connectivity index (χ2v) is 8.51. The summed E-state index contributed by atoms with van der Waals surface area (Å²) in [6.07, 6.45) is 2.50. The van der Waals surface area contributed by atoms with Crippen molar-refractivity contribution in [2.45, 2.75) is 18.9 Å². The lowest BCUT2D eigenvalue weighted by atomic mass is 10.0. The Morgan fingerprint density at radius 1 is 1.00 bits per heavy atom. The van der Waals surface area contributed by atoms with E-state index in [1.807, 2.05) is 50.5 Å². The molecule has 3 aromatic carbocycles. The predicted molar refractivity (Wildman–Crippen MR) is 126 cm³/mol. The van der Waals surface area contributed by atoms with Crippen molar-refractivity contribution in [3.8, 4) is 5.75 Å². The van der Waals surface area contributed by atoms with E-state index < -0.39 is 0 Å². The van der Waals surface area contributed by atoms with Gasteiger partial charge >= 0.3 is 0 Å². The van der Waals surface area contributed by atoms with Gasteiger partial charge in [-0.3, -0.25) is 4.79 Å². The molecule has 0 unspecified atom stereocenters. The number of rotatable bonds is 8. The van der Waals surface area contributed by atoms with Crippen LogP contribution in [-0.2, 0) is 4.79 Å². The highest BCUT2D eigenvalue weighted by Gasteiger charge is 2.27. The van der Waals surface area contributed by atoms with E-state index in [1.165, 1.54) is 24.1 Å². The van der Waals surface area contributed by atoms with Crippen LogP contribution in [-0.4, -0.2) is 46.2 Å². The van der Waals surface area contributed by atoms with Crippen molar-refractivity contribution in [1.82, 2.24) is 5.32 Å². The molecule has 1 fully saturated rings. The van der Waals surface area contributed by atoms with E-state index >= 15 is 0 Å². The van der Waals surface area contributed by atoms with Crippen LogP contribution in [0.1, 0.15) is 24.4 Å². The highest BCUT2D eigenvalue weighted by atomic mass is 16.5. The van der Waals surface area contributed by atoms with Gasteiger partial charge in [0.2, 0.25) is 0 Å². The first kappa shape index (κ1) is 21.2. The fraction of sp³-hybridized carbons (Fsp3) is 0.346. The number of amides is 1. The zero-order valence-electron chi connectivity index (χ0n) is 18.4. The molecule has 0 saturated carbocycles. The normalized spacial score (nSPS) is 15.0. The molecule has 1 amide bonds. The Bertz CT molecular complexity index is 1010. The Labute approximate surface area is 184 Å². The van der Waals surface area contributed by atoms with Gasteiger partial charge in [-0.2, -0.15) is 0 Å². The zero-order valence-corrected chi connectivity index (χ0v) is 18.4. The fourth-order valence-electron chi connectivity index (χ4n) is 4.35. The Kier molecular flexibility index (Phi) is 6.73. The molecule has 1 aliphatic rings. The lowest BCUT2D eigenvalue weighted by Gasteiger charge is -2.26. The van der Waals surface area contributed by atoms with Crippen LogP contribution in [0.5, 0.6) is 5.75 Å². The molecule has 4 rings (SSSR count). The first-order valence-corrected chi connectivity index (χ1v) is 11.1. The zero-order chi connectivity index (χ0) is 21.6. The van der Waals surface area contributed by atoms with Crippen LogP contribution in [0.3, 0.4) is 0 Å². The predicted octanol–water partition coefficient (Wildman–Crippen LogP) is 2.82. The first-order chi connectivity index (χ1) is 15.1. The number of fused-ring (bicyclic) bond motifs is 1. The first-order valence-electron chi connectivity index (χ1n) is 11.1. The number of nitrogens with one attached hydrogen (secondary N) is 2. The highest BCUT2D eigenvalue weighted by Crippen LogP contribution is 2.20. The maximum atomic E-state index is 12.5. The number of nitrogens with zero attached hydrogens (tertiary/aromatic N) is 1. The molecule has 31 heavy (non-hydrogen) atoms. The highest BCUT2D eigenvalue weighted by molar-refractivity contribution is 5.84. The third kappa shape index (κ3) is 5.36. The van der Waals surface area contributed by atoms with Crippen LogP contribution in [0.4, 0.5) is 5.69 Å². The quantitative estimate of drug-likeness (QED) is 0.591. The second kappa shape index (κ2) is 9.84. The van der Waals surface area contributed by atoms with Gasteiger partial charge in [0, 0.05) is 38.2 Å². The van der Waals surface area contributed by atoms with Crippen molar-refractivity contribution in [3.63, 3.8) is 0 Å². The van der Waals surface area contributed by atoms with Gasteiger partial charge in [0.25, 0.3) is 5.91 Å². The van der Waals surface area contributed by atoms with Crippen LogP contribution < -0.4 is 19.9 Å². The number of hydrogen-bond acceptors (Lipinski definition) is 3. The van der Waals surface area contributed by atoms with E-state index in [-0.39, 0.29) is 18.6 Å². The molecule has 1 aliphatic heterocycles. The number of likely N-dealkylation sites (tertiary alicyclic amines) is 1. The molecule has 0 radical (unpaired) electrons. The number of benzene rings is 3. The summed E-state index contributed by atoms with van der Waals surface area (Å²) in [5.74, 6) is 0.636. The van der Waals surface area contributed by atoms with Crippen LogP contribution >= 0.6 is 0 Å². The Balaban J connectivity index is 1.36. The Morgan fingerprint density at radius 2 is 1.71 bits per heavy atom. The molecule has 2 N–H and O–H groups in total. The van der Waals surface area contributed by atoms with E-state index in [0.717, 1.165) is 29.6 Å². The molecule has 1 atom stereocenters. The minimum Gasteiger partial charge on any atom is -0.484 e. The summed E-state index contributed by atoms with van der Waals surface area (Å²) in [4.78, 5) is 16.2. The molecule has 5 nitrogen and oxygen atoms in total. The monoisotopic (exact) mass is 418 g/mol. The number of anilines is 1. The van der Waals surface area contributed by atoms with Gasteiger partial charge in [0.1, 0.15) is 11.8 Å². The van der Waals surface area contributed by atoms with Gasteiger partial charge < -0.3 is 19.9 Å². The van der Waals surface area contributed by atoms with Crippen molar-refractivity contribution in [2.75, 3.05) is 45.2 Å². The van der Waals surface area contributed by atoms with Crippen LogP contribution in [0, 0.1) is 0 Å². The van der Waals surface area contributed by atoms with Gasteiger partial charge in [0.05, 0.1) is 19.6 Å². The number of quaternary nitrogens is 1. The SMILES string of the molecule is CN(C)c1ccc([C@@H](CNC(=O)COc2ccc3ccccc3c2)[NH+]2CCCC2)cc1. The lowest BCUT2D eigenvalue weighted by Crippen LogP contribution is -3.11. The molecular weight excluding hydrogens is 386 g/mol. The lowest BCUT2D eigenvalue weighted by molar-refractivity contribution is -0.918. The second-order valence-electron chi connectivity index (χ2n) is 8.51. The van der Waals surface area contributed by atoms with E-state index in [4.69, 9.17) is 4.74 Å². The van der Waals surface area contributed by atoms with Gasteiger partial charge in [-0.15, -0.1) is 0 Å². The van der Waals surface area contributed by atoms with Crippen LogP contribution in [0.15, 0.2) is 66.7 Å². The molecule has 162 valence electrons. The summed E-state index contributed by atoms with van der Waals surface area (Å²) in [5, 5.41) is 5.38. The maximum absolute atomic E-state index is 12.5. The average Bonchev–Trinajstić information content (AvgIpc) is 3.32. The molecule has 0 spiro atoms. The van der Waals surface area contributed by atoms with Crippen molar-refractivity contribution in [3.05, 3.63) is 72.3 Å². The summed E-state index contributed by atoms with van der Waals surface area (Å²) in [6, 6.07) is 23.0. The third-order valence-corrected chi connectivity index (χ3v) is 6.14. The van der Waals surface area contributed by atoms with Gasteiger partial charge in [-0.25, -0.2) is 0 Å². The standard InChI is InChI=1S/C26H31N3O2/c1-28(2)23-12-9-21(10-13-23)25(29-15-5-6-16-29)18-27-26(30)19-31-24-14-11-20-7-3-4-8-22(20)17-24/h3-4,7-14,17,25H,5-6,15-16,18-19H2,1-2H3,(H,27,30)/p+1/t25-/m1/s1. The molecule has 5 heteroatoms. The molecule has 0 bridgehead atoms. The van der Waals surface area contributed by atoms with Crippen molar-refractivity contribution >= 4 is 22.4 Å². The minimum atomic E-state index is -0.0818. The number of carbonyl (C=O) groups excluding carboxylic acids is 1. The van der Waals surface area contributed by atoms with E-state index in [9.17, 15) is 4.79 Å². The molecule has 0 aromatic heterocycles. The van der Waals surface area contributed by atoms with Gasteiger partial charge in [0.15, 0.2) is 6.61 Å². The summed E-state index contributed by atoms with van der Waals surface area (Å²) in [6.45, 7) is 2.96. The largest absolute Gasteiger partial charge is 0.484 e. The molecule has 3 aromatic rings. The average molecular weight is 419 g/mol. The molecule has 0 aliphatic carbocycles. The molecule has 1 heterocycles. The van der Waals surface area contributed by atoms with Gasteiger partial charge in [-0.1, -0.05) is 42.5 Å². The van der Waals surface area contributed by atoms with E-state index in [2.05, 4.69) is 40.5 Å². The van der Waals surface area contributed by atoms with E-state index in [1.54, 1.807) is 4.90 Å². The summed E-state index contributed by atoms with van der Waals surface area (Å²) in [5.41, 5.74) is 2.46. The number of carbonyl (C=O) groups is 1. The Morgan fingerprint density at radius 3 is 2.42 bits per heavy atom. The maximum Gasteiger partial charge on any atom is 0.258 e. The fourth-order valence-corrected chi connectivity index (χ4v) is 4.35. The topological polar surface area (TPSA) is 46.0 Å². The van der Waals surface area contributed by atoms with Crippen molar-refractivity contribution in [2.24, 2.45) is 0 Å². The van der Waals surface area contributed by atoms with E-state index in [0.29, 0.717) is 6.54 Å². The van der Waals surface area contributed by atoms with Gasteiger partial charge in [-0.05, 0) is 35.0 Å². The third-order valence-electron chi connectivity index (χ3n) is 6.14. The minimum absolute atomic E-state index is 0.0277. The Hall–Kier alpha value is -3.05. The smallest absolute Gasteiger partial charge is 0.258 e.